The first-order valence-electron chi connectivity index (χ1n) is 8.31. The minimum Gasteiger partial charge on any atom is -0.368 e. The maximum Gasteiger partial charge on any atom is 0.242 e. The highest BCUT2D eigenvalue weighted by molar-refractivity contribution is 7.17. The molecule has 1 aliphatic heterocycles. The van der Waals surface area contributed by atoms with E-state index in [4.69, 9.17) is 0 Å². The summed E-state index contributed by atoms with van der Waals surface area (Å²) in [5.41, 5.74) is 2.13. The lowest BCUT2D eigenvalue weighted by Crippen LogP contribution is -2.50. The zero-order valence-electron chi connectivity index (χ0n) is 13.8. The Balaban J connectivity index is 1.33. The van der Waals surface area contributed by atoms with Crippen LogP contribution < -0.4 is 10.2 Å². The van der Waals surface area contributed by atoms with Gasteiger partial charge in [0.25, 0.3) is 0 Å². The van der Waals surface area contributed by atoms with Gasteiger partial charge in [0.05, 0.1) is 16.8 Å². The Morgan fingerprint density at radius 3 is 2.68 bits per heavy atom. The fourth-order valence-electron chi connectivity index (χ4n) is 3.04. The van der Waals surface area contributed by atoms with Gasteiger partial charge in [0.15, 0.2) is 0 Å². The summed E-state index contributed by atoms with van der Waals surface area (Å²) in [7, 11) is 0. The number of benzene rings is 1. The first-order chi connectivity index (χ1) is 12.3. The van der Waals surface area contributed by atoms with E-state index in [0.29, 0.717) is 0 Å². The van der Waals surface area contributed by atoms with Crippen molar-refractivity contribution in [2.24, 2.45) is 0 Å². The van der Waals surface area contributed by atoms with Gasteiger partial charge >= 0.3 is 0 Å². The number of nitrogens with zero attached hydrogens (tertiary/aromatic N) is 4. The number of piperazine rings is 1. The average Bonchev–Trinajstić information content (AvgIpc) is 3.16. The van der Waals surface area contributed by atoms with Crippen molar-refractivity contribution in [3.63, 3.8) is 0 Å². The summed E-state index contributed by atoms with van der Waals surface area (Å²) < 4.78 is 0.990. The highest BCUT2D eigenvalue weighted by Gasteiger charge is 2.21. The van der Waals surface area contributed by atoms with Crippen LogP contribution in [0.5, 0.6) is 0 Å². The molecule has 0 bridgehead atoms. The molecule has 0 aliphatic carbocycles. The topological polar surface area (TPSA) is 61.4 Å². The van der Waals surface area contributed by atoms with Crippen LogP contribution in [0.3, 0.4) is 0 Å². The van der Waals surface area contributed by atoms with Gasteiger partial charge in [-0.3, -0.25) is 4.79 Å². The molecule has 1 aromatic carbocycles. The summed E-state index contributed by atoms with van der Waals surface area (Å²) in [5.74, 6) is 0.840. The zero-order valence-corrected chi connectivity index (χ0v) is 14.6. The number of hydrogen-bond donors (Lipinski definition) is 1. The van der Waals surface area contributed by atoms with Gasteiger partial charge in [-0.05, 0) is 23.6 Å². The van der Waals surface area contributed by atoms with Crippen LogP contribution in [0.25, 0.3) is 10.2 Å². The second-order valence-electron chi connectivity index (χ2n) is 5.91. The van der Waals surface area contributed by atoms with Crippen molar-refractivity contribution in [2.45, 2.75) is 0 Å². The quantitative estimate of drug-likeness (QED) is 0.781. The van der Waals surface area contributed by atoms with Crippen molar-refractivity contribution in [3.8, 4) is 0 Å². The summed E-state index contributed by atoms with van der Waals surface area (Å²) in [6.07, 6.45) is 1.53. The predicted octanol–water partition coefficient (Wildman–Crippen LogP) is 2.45. The monoisotopic (exact) mass is 353 g/mol. The van der Waals surface area contributed by atoms with E-state index >= 15 is 0 Å². The molecule has 1 fully saturated rings. The Kier molecular flexibility index (Phi) is 4.47. The molecule has 1 aliphatic rings. The lowest BCUT2D eigenvalue weighted by molar-refractivity contribution is -0.129. The molecule has 7 heteroatoms. The van der Waals surface area contributed by atoms with Crippen LogP contribution in [0, 0.1) is 0 Å². The molecule has 0 unspecified atom stereocenters. The molecular weight excluding hydrogens is 334 g/mol. The number of amides is 1. The third-order valence-corrected chi connectivity index (χ3v) is 5.31. The van der Waals surface area contributed by atoms with Crippen LogP contribution in [-0.4, -0.2) is 53.5 Å². The molecular formula is C18H19N5OS. The molecule has 4 rings (SSSR count). The third kappa shape index (κ3) is 3.41. The maximum atomic E-state index is 12.5. The van der Waals surface area contributed by atoms with Crippen molar-refractivity contribution in [1.82, 2.24) is 14.9 Å². The number of thiophene rings is 1. The smallest absolute Gasteiger partial charge is 0.242 e. The normalized spacial score (nSPS) is 14.7. The van der Waals surface area contributed by atoms with Crippen LogP contribution >= 0.6 is 11.3 Å². The summed E-state index contributed by atoms with van der Waals surface area (Å²) in [4.78, 5) is 25.2. The van der Waals surface area contributed by atoms with E-state index < -0.39 is 0 Å². The van der Waals surface area contributed by atoms with Crippen LogP contribution in [0.2, 0.25) is 0 Å². The summed E-state index contributed by atoms with van der Waals surface area (Å²) >= 11 is 1.58. The molecule has 1 amide bonds. The first kappa shape index (κ1) is 15.8. The number of carbonyl (C=O) groups excluding carboxylic acids is 1. The number of rotatable bonds is 4. The largest absolute Gasteiger partial charge is 0.368 e. The second kappa shape index (κ2) is 7.06. The Labute approximate surface area is 150 Å². The molecule has 128 valence electrons. The SMILES string of the molecule is O=C(CNc1ncnc2ccsc12)N1CCN(c2ccccc2)CC1. The number of para-hydroxylation sites is 1. The van der Waals surface area contributed by atoms with Crippen molar-refractivity contribution >= 4 is 39.0 Å². The number of aromatic nitrogens is 2. The van der Waals surface area contributed by atoms with Crippen molar-refractivity contribution < 1.29 is 4.79 Å². The van der Waals surface area contributed by atoms with E-state index in [1.807, 2.05) is 34.5 Å². The fourth-order valence-corrected chi connectivity index (χ4v) is 3.85. The highest BCUT2D eigenvalue weighted by Crippen LogP contribution is 2.24. The van der Waals surface area contributed by atoms with Gasteiger partial charge in [0.2, 0.25) is 5.91 Å². The number of nitrogens with one attached hydrogen (secondary N) is 1. The van der Waals surface area contributed by atoms with Crippen LogP contribution in [0.1, 0.15) is 0 Å². The van der Waals surface area contributed by atoms with Gasteiger partial charge in [-0.25, -0.2) is 9.97 Å². The Bertz CT molecular complexity index is 858. The standard InChI is InChI=1S/C18H19N5OS/c24-16(12-19-18-17-15(6-11-25-17)20-13-21-18)23-9-7-22(8-10-23)14-4-2-1-3-5-14/h1-6,11,13H,7-10,12H2,(H,19,20,21). The lowest BCUT2D eigenvalue weighted by Gasteiger charge is -2.36. The Hall–Kier alpha value is -2.67. The van der Waals surface area contributed by atoms with Gasteiger partial charge in [-0.2, -0.15) is 0 Å². The van der Waals surface area contributed by atoms with E-state index in [1.54, 1.807) is 11.3 Å². The minimum absolute atomic E-state index is 0.107. The average molecular weight is 353 g/mol. The van der Waals surface area contributed by atoms with E-state index in [1.165, 1.54) is 12.0 Å². The number of anilines is 2. The molecule has 1 saturated heterocycles. The predicted molar refractivity (Wildman–Crippen MR) is 101 cm³/mol. The Morgan fingerprint density at radius 1 is 1.08 bits per heavy atom. The molecule has 3 aromatic rings. The second-order valence-corrected chi connectivity index (χ2v) is 6.83. The van der Waals surface area contributed by atoms with Crippen LogP contribution in [0.15, 0.2) is 48.1 Å². The molecule has 2 aromatic heterocycles. The zero-order chi connectivity index (χ0) is 17.1. The molecule has 0 atom stereocenters. The van der Waals surface area contributed by atoms with Gasteiger partial charge in [-0.15, -0.1) is 11.3 Å². The van der Waals surface area contributed by atoms with Crippen molar-refractivity contribution in [2.75, 3.05) is 42.9 Å². The van der Waals surface area contributed by atoms with Crippen molar-refractivity contribution in [1.29, 1.82) is 0 Å². The molecule has 6 nitrogen and oxygen atoms in total. The molecule has 3 heterocycles. The molecule has 0 saturated carbocycles. The fraction of sp³-hybridized carbons (Fsp3) is 0.278. The minimum atomic E-state index is 0.107. The van der Waals surface area contributed by atoms with E-state index in [0.717, 1.165) is 42.2 Å². The maximum absolute atomic E-state index is 12.5. The summed E-state index contributed by atoms with van der Waals surface area (Å²) in [6, 6.07) is 12.3. The first-order valence-corrected chi connectivity index (χ1v) is 9.19. The summed E-state index contributed by atoms with van der Waals surface area (Å²) in [6.45, 7) is 3.47. The molecule has 0 spiro atoms. The van der Waals surface area contributed by atoms with E-state index in [2.05, 4.69) is 32.3 Å². The summed E-state index contributed by atoms with van der Waals surface area (Å²) in [5, 5.41) is 5.15. The van der Waals surface area contributed by atoms with E-state index in [-0.39, 0.29) is 12.5 Å². The third-order valence-electron chi connectivity index (χ3n) is 4.40. The van der Waals surface area contributed by atoms with Crippen LogP contribution in [0.4, 0.5) is 11.5 Å². The molecule has 25 heavy (non-hydrogen) atoms. The number of hydrogen-bond acceptors (Lipinski definition) is 6. The van der Waals surface area contributed by atoms with Gasteiger partial charge in [0.1, 0.15) is 12.1 Å². The van der Waals surface area contributed by atoms with Crippen LogP contribution in [-0.2, 0) is 4.79 Å². The highest BCUT2D eigenvalue weighted by atomic mass is 32.1. The van der Waals surface area contributed by atoms with Gasteiger partial charge < -0.3 is 15.1 Å². The molecule has 0 radical (unpaired) electrons. The van der Waals surface area contributed by atoms with E-state index in [9.17, 15) is 4.79 Å². The van der Waals surface area contributed by atoms with Gasteiger partial charge in [-0.1, -0.05) is 18.2 Å². The lowest BCUT2D eigenvalue weighted by atomic mass is 10.2. The number of fused-ring (bicyclic) bond motifs is 1. The van der Waals surface area contributed by atoms with Gasteiger partial charge in [0, 0.05) is 31.9 Å². The van der Waals surface area contributed by atoms with Crippen molar-refractivity contribution in [3.05, 3.63) is 48.1 Å². The molecule has 1 N–H and O–H groups in total. The Morgan fingerprint density at radius 2 is 1.88 bits per heavy atom. The number of carbonyl (C=O) groups is 1.